The number of aromatic nitrogens is 2. The maximum absolute atomic E-state index is 12.9. The van der Waals surface area contributed by atoms with Crippen molar-refractivity contribution in [1.82, 2.24) is 20.6 Å². The lowest BCUT2D eigenvalue weighted by Crippen LogP contribution is -2.46. The van der Waals surface area contributed by atoms with Crippen LogP contribution in [0.3, 0.4) is 0 Å². The molecule has 1 aliphatic carbocycles. The van der Waals surface area contributed by atoms with E-state index in [4.69, 9.17) is 0 Å². The third-order valence-corrected chi connectivity index (χ3v) is 5.20. The number of carbonyl (C=O) groups excluding carboxylic acids is 1. The molecule has 5 nitrogen and oxygen atoms in total. The molecular weight excluding hydrogens is 336 g/mol. The van der Waals surface area contributed by atoms with Crippen LogP contribution in [0.5, 0.6) is 0 Å². The van der Waals surface area contributed by atoms with Crippen LogP contribution in [0.1, 0.15) is 68.3 Å². The molecule has 0 bridgehead atoms. The minimum absolute atomic E-state index is 0.0676. The number of amides is 1. The number of carbonyl (C=O) groups is 1. The molecule has 2 unspecified atom stereocenters. The molecule has 0 fully saturated rings. The molecule has 2 aromatic rings. The van der Waals surface area contributed by atoms with Crippen LogP contribution in [0.15, 0.2) is 42.9 Å². The van der Waals surface area contributed by atoms with Gasteiger partial charge in [0, 0.05) is 25.1 Å². The first-order valence-electron chi connectivity index (χ1n) is 10.1. The van der Waals surface area contributed by atoms with E-state index in [9.17, 15) is 4.79 Å². The second kappa shape index (κ2) is 10.2. The normalized spacial score (nSPS) is 17.1. The molecule has 144 valence electrons. The van der Waals surface area contributed by atoms with E-state index >= 15 is 0 Å². The van der Waals surface area contributed by atoms with Crippen molar-refractivity contribution in [3.8, 4) is 0 Å². The second-order valence-electron chi connectivity index (χ2n) is 7.29. The first-order chi connectivity index (χ1) is 13.3. The average Bonchev–Trinajstić information content (AvgIpc) is 2.72. The van der Waals surface area contributed by atoms with Crippen molar-refractivity contribution in [2.75, 3.05) is 0 Å². The SMILES string of the molecule is CCCCCC(NC1CCCc2cccnc21)C(=O)NCc1cccnc1. The van der Waals surface area contributed by atoms with Gasteiger partial charge in [-0.05, 0) is 48.9 Å². The molecule has 0 spiro atoms. The molecule has 2 aromatic heterocycles. The van der Waals surface area contributed by atoms with Crippen LogP contribution in [0.2, 0.25) is 0 Å². The number of nitrogens with zero attached hydrogens (tertiary/aromatic N) is 2. The number of rotatable bonds is 9. The largest absolute Gasteiger partial charge is 0.351 e. The van der Waals surface area contributed by atoms with Crippen LogP contribution in [0, 0.1) is 0 Å². The molecule has 1 aliphatic rings. The van der Waals surface area contributed by atoms with Crippen molar-refractivity contribution in [2.24, 2.45) is 0 Å². The Morgan fingerprint density at radius 3 is 2.96 bits per heavy atom. The molecule has 0 saturated heterocycles. The maximum atomic E-state index is 12.9. The van der Waals surface area contributed by atoms with E-state index in [1.807, 2.05) is 24.4 Å². The number of nitrogens with one attached hydrogen (secondary N) is 2. The van der Waals surface area contributed by atoms with E-state index in [2.05, 4.69) is 33.6 Å². The highest BCUT2D eigenvalue weighted by Gasteiger charge is 2.26. The monoisotopic (exact) mass is 366 g/mol. The molecule has 2 atom stereocenters. The Balaban J connectivity index is 1.65. The highest BCUT2D eigenvalue weighted by molar-refractivity contribution is 5.81. The maximum Gasteiger partial charge on any atom is 0.237 e. The fraction of sp³-hybridized carbons (Fsp3) is 0.500. The Bertz CT molecular complexity index is 719. The molecule has 5 heteroatoms. The first-order valence-corrected chi connectivity index (χ1v) is 10.1. The van der Waals surface area contributed by atoms with E-state index in [0.717, 1.165) is 56.2 Å². The Labute approximate surface area is 162 Å². The smallest absolute Gasteiger partial charge is 0.237 e. The molecule has 0 radical (unpaired) electrons. The number of hydrogen-bond acceptors (Lipinski definition) is 4. The summed E-state index contributed by atoms with van der Waals surface area (Å²) in [4.78, 5) is 21.6. The number of unbranched alkanes of at least 4 members (excludes halogenated alkanes) is 2. The minimum Gasteiger partial charge on any atom is -0.351 e. The van der Waals surface area contributed by atoms with Crippen molar-refractivity contribution in [2.45, 2.75) is 70.5 Å². The van der Waals surface area contributed by atoms with Gasteiger partial charge in [0.05, 0.1) is 17.8 Å². The lowest BCUT2D eigenvalue weighted by molar-refractivity contribution is -0.123. The first kappa shape index (κ1) is 19.5. The summed E-state index contributed by atoms with van der Waals surface area (Å²) >= 11 is 0. The summed E-state index contributed by atoms with van der Waals surface area (Å²) in [5.74, 6) is 0.0676. The standard InChI is InChI=1S/C22H30N4O/c1-2-3-4-11-20(22(27)25-16-17-8-6-13-23-15-17)26-19-12-5-9-18-10-7-14-24-21(18)19/h6-8,10,13-15,19-20,26H,2-5,9,11-12,16H2,1H3,(H,25,27). The van der Waals surface area contributed by atoms with Crippen LogP contribution in [0.25, 0.3) is 0 Å². The van der Waals surface area contributed by atoms with Gasteiger partial charge in [0.1, 0.15) is 0 Å². The van der Waals surface area contributed by atoms with Gasteiger partial charge in [0.15, 0.2) is 0 Å². The van der Waals surface area contributed by atoms with Crippen molar-refractivity contribution >= 4 is 5.91 Å². The van der Waals surface area contributed by atoms with Gasteiger partial charge in [-0.25, -0.2) is 0 Å². The van der Waals surface area contributed by atoms with Gasteiger partial charge in [0.25, 0.3) is 0 Å². The number of hydrogen-bond donors (Lipinski definition) is 2. The van der Waals surface area contributed by atoms with Gasteiger partial charge in [-0.1, -0.05) is 38.3 Å². The van der Waals surface area contributed by atoms with Crippen molar-refractivity contribution in [3.05, 3.63) is 59.7 Å². The summed E-state index contributed by atoms with van der Waals surface area (Å²) in [5.41, 5.74) is 3.44. The fourth-order valence-electron chi connectivity index (χ4n) is 3.72. The highest BCUT2D eigenvalue weighted by Crippen LogP contribution is 2.28. The predicted molar refractivity (Wildman–Crippen MR) is 107 cm³/mol. The van der Waals surface area contributed by atoms with Crippen molar-refractivity contribution in [3.63, 3.8) is 0 Å². The van der Waals surface area contributed by atoms with Crippen LogP contribution in [0.4, 0.5) is 0 Å². The van der Waals surface area contributed by atoms with Gasteiger partial charge in [-0.2, -0.15) is 0 Å². The van der Waals surface area contributed by atoms with Crippen LogP contribution < -0.4 is 10.6 Å². The van der Waals surface area contributed by atoms with E-state index in [0.29, 0.717) is 6.54 Å². The molecule has 27 heavy (non-hydrogen) atoms. The third-order valence-electron chi connectivity index (χ3n) is 5.20. The minimum atomic E-state index is -0.189. The summed E-state index contributed by atoms with van der Waals surface area (Å²) in [5, 5.41) is 6.69. The van der Waals surface area contributed by atoms with Crippen LogP contribution >= 0.6 is 0 Å². The Morgan fingerprint density at radius 1 is 1.26 bits per heavy atom. The molecule has 2 heterocycles. The van der Waals surface area contributed by atoms with Gasteiger partial charge in [-0.15, -0.1) is 0 Å². The Hall–Kier alpha value is -2.27. The topological polar surface area (TPSA) is 66.9 Å². The van der Waals surface area contributed by atoms with Gasteiger partial charge in [0.2, 0.25) is 5.91 Å². The predicted octanol–water partition coefficient (Wildman–Crippen LogP) is 3.71. The van der Waals surface area contributed by atoms with E-state index in [1.54, 1.807) is 12.4 Å². The lowest BCUT2D eigenvalue weighted by atomic mass is 9.91. The van der Waals surface area contributed by atoms with E-state index < -0.39 is 0 Å². The average molecular weight is 367 g/mol. The quantitative estimate of drug-likeness (QED) is 0.664. The van der Waals surface area contributed by atoms with E-state index in [1.165, 1.54) is 5.56 Å². The summed E-state index contributed by atoms with van der Waals surface area (Å²) < 4.78 is 0. The molecule has 0 aliphatic heterocycles. The number of pyridine rings is 2. The molecule has 2 N–H and O–H groups in total. The lowest BCUT2D eigenvalue weighted by Gasteiger charge is -2.29. The third kappa shape index (κ3) is 5.60. The van der Waals surface area contributed by atoms with Gasteiger partial charge < -0.3 is 5.32 Å². The summed E-state index contributed by atoms with van der Waals surface area (Å²) in [6.45, 7) is 2.70. The molecule has 0 saturated carbocycles. The van der Waals surface area contributed by atoms with Crippen molar-refractivity contribution < 1.29 is 4.79 Å². The Morgan fingerprint density at radius 2 is 2.15 bits per heavy atom. The second-order valence-corrected chi connectivity index (χ2v) is 7.29. The zero-order valence-electron chi connectivity index (χ0n) is 16.2. The summed E-state index contributed by atoms with van der Waals surface area (Å²) in [6, 6.07) is 8.00. The zero-order valence-corrected chi connectivity index (χ0v) is 16.2. The molecule has 1 amide bonds. The molecule has 0 aromatic carbocycles. The van der Waals surface area contributed by atoms with Gasteiger partial charge in [-0.3, -0.25) is 20.1 Å². The number of aryl methyl sites for hydroxylation is 1. The molecule has 3 rings (SSSR count). The fourth-order valence-corrected chi connectivity index (χ4v) is 3.72. The van der Waals surface area contributed by atoms with E-state index in [-0.39, 0.29) is 18.0 Å². The van der Waals surface area contributed by atoms with Crippen LogP contribution in [-0.2, 0) is 17.8 Å². The van der Waals surface area contributed by atoms with Crippen molar-refractivity contribution in [1.29, 1.82) is 0 Å². The van der Waals surface area contributed by atoms with Crippen LogP contribution in [-0.4, -0.2) is 21.9 Å². The summed E-state index contributed by atoms with van der Waals surface area (Å²) in [6.07, 6.45) is 12.8. The highest BCUT2D eigenvalue weighted by atomic mass is 16.2. The number of fused-ring (bicyclic) bond motifs is 1. The Kier molecular flexibility index (Phi) is 7.34. The summed E-state index contributed by atoms with van der Waals surface area (Å²) in [7, 11) is 0. The molecular formula is C22H30N4O. The zero-order chi connectivity index (χ0) is 18.9. The van der Waals surface area contributed by atoms with Gasteiger partial charge >= 0.3 is 0 Å².